The molecule has 1 saturated heterocycles. The number of nitrogens with zero attached hydrogens (tertiary/aromatic N) is 2. The number of ether oxygens (including phenoxy) is 2. The lowest BCUT2D eigenvalue weighted by molar-refractivity contribution is -0.385. The maximum Gasteiger partial charge on any atom is 0.335 e. The summed E-state index contributed by atoms with van der Waals surface area (Å²) in [5.41, 5.74) is -0.299. The number of halogens is 1. The summed E-state index contributed by atoms with van der Waals surface area (Å²) in [6, 6.07) is 14.9. The van der Waals surface area contributed by atoms with E-state index >= 15 is 0 Å². The Labute approximate surface area is 203 Å². The van der Waals surface area contributed by atoms with E-state index < -0.39 is 39.8 Å². The molecule has 0 atom stereocenters. The van der Waals surface area contributed by atoms with Crippen molar-refractivity contribution in [3.8, 4) is 11.5 Å². The lowest BCUT2D eigenvalue weighted by Crippen LogP contribution is -2.54. The Bertz CT molecular complexity index is 1390. The molecule has 3 aromatic rings. The number of carbonyl (C=O) groups excluding carboxylic acids is 3. The van der Waals surface area contributed by atoms with Crippen LogP contribution in [0, 0.1) is 15.9 Å². The molecule has 1 aliphatic heterocycles. The number of carbonyl (C=O) groups is 3. The standard InChI is InChI=1S/C25H18FN3O7/c1-35-21-12-16(20(29(33)34)13-22(21)36-14-15-5-3-2-4-6-15)11-19-23(30)27-25(32)28(24(19)31)18-9-7-17(26)8-10-18/h2-13H,14H2,1H3,(H,27,30,32)/b19-11+. The van der Waals surface area contributed by atoms with Crippen LogP contribution in [0.3, 0.4) is 0 Å². The molecule has 0 bridgehead atoms. The van der Waals surface area contributed by atoms with Gasteiger partial charge in [0.05, 0.1) is 29.4 Å². The van der Waals surface area contributed by atoms with E-state index in [1.807, 2.05) is 35.6 Å². The minimum atomic E-state index is -1.04. The molecule has 3 aromatic carbocycles. The molecule has 10 nitrogen and oxygen atoms in total. The summed E-state index contributed by atoms with van der Waals surface area (Å²) >= 11 is 0. The van der Waals surface area contributed by atoms with E-state index in [4.69, 9.17) is 9.47 Å². The van der Waals surface area contributed by atoms with Gasteiger partial charge in [-0.1, -0.05) is 30.3 Å². The number of imide groups is 2. The highest BCUT2D eigenvalue weighted by Gasteiger charge is 2.37. The summed E-state index contributed by atoms with van der Waals surface area (Å²) in [6.45, 7) is 0.115. The SMILES string of the molecule is COc1cc(/C=C2\C(=O)NC(=O)N(c3ccc(F)cc3)C2=O)c([N+](=O)[O-])cc1OCc1ccccc1. The maximum absolute atomic E-state index is 13.3. The van der Waals surface area contributed by atoms with Gasteiger partial charge in [0.1, 0.15) is 18.0 Å². The molecule has 0 saturated carbocycles. The van der Waals surface area contributed by atoms with Gasteiger partial charge in [0.25, 0.3) is 17.5 Å². The highest BCUT2D eigenvalue weighted by atomic mass is 19.1. The molecule has 1 heterocycles. The van der Waals surface area contributed by atoms with Crippen LogP contribution in [-0.2, 0) is 16.2 Å². The molecule has 182 valence electrons. The van der Waals surface area contributed by atoms with E-state index in [1.165, 1.54) is 25.3 Å². The molecule has 36 heavy (non-hydrogen) atoms. The number of hydrogen-bond acceptors (Lipinski definition) is 7. The van der Waals surface area contributed by atoms with Gasteiger partial charge in [-0.25, -0.2) is 14.1 Å². The van der Waals surface area contributed by atoms with Crippen molar-refractivity contribution in [3.63, 3.8) is 0 Å². The van der Waals surface area contributed by atoms with Gasteiger partial charge in [0.2, 0.25) is 0 Å². The Morgan fingerprint density at radius 1 is 1.03 bits per heavy atom. The molecule has 1 fully saturated rings. The van der Waals surface area contributed by atoms with Crippen molar-refractivity contribution in [2.24, 2.45) is 0 Å². The number of rotatable bonds is 7. The Balaban J connectivity index is 1.72. The zero-order valence-electron chi connectivity index (χ0n) is 18.8. The molecule has 4 amide bonds. The van der Waals surface area contributed by atoms with Gasteiger partial charge in [-0.05, 0) is 42.0 Å². The Morgan fingerprint density at radius 2 is 1.72 bits per heavy atom. The molecular weight excluding hydrogens is 473 g/mol. The largest absolute Gasteiger partial charge is 0.493 e. The van der Waals surface area contributed by atoms with Gasteiger partial charge in [0.15, 0.2) is 11.5 Å². The first-order chi connectivity index (χ1) is 17.3. The summed E-state index contributed by atoms with van der Waals surface area (Å²) < 4.78 is 24.3. The third kappa shape index (κ3) is 4.89. The summed E-state index contributed by atoms with van der Waals surface area (Å²) in [6.07, 6.45) is 0.988. The molecule has 0 radical (unpaired) electrons. The first-order valence-electron chi connectivity index (χ1n) is 10.5. The summed E-state index contributed by atoms with van der Waals surface area (Å²) in [4.78, 5) is 49.6. The fraction of sp³-hybridized carbons (Fsp3) is 0.0800. The number of benzene rings is 3. The molecule has 4 rings (SSSR count). The van der Waals surface area contributed by atoms with Gasteiger partial charge in [-0.3, -0.25) is 25.0 Å². The normalized spacial score (nSPS) is 14.6. The fourth-order valence-corrected chi connectivity index (χ4v) is 3.48. The highest BCUT2D eigenvalue weighted by molar-refractivity contribution is 6.39. The van der Waals surface area contributed by atoms with Crippen molar-refractivity contribution >= 4 is 35.3 Å². The van der Waals surface area contributed by atoms with Crippen molar-refractivity contribution in [2.75, 3.05) is 12.0 Å². The molecule has 1 aliphatic rings. The topological polar surface area (TPSA) is 128 Å². The first kappa shape index (κ1) is 24.1. The van der Waals surface area contributed by atoms with Crippen LogP contribution in [0.2, 0.25) is 0 Å². The minimum Gasteiger partial charge on any atom is -0.493 e. The predicted octanol–water partition coefficient (Wildman–Crippen LogP) is 3.99. The van der Waals surface area contributed by atoms with Crippen LogP contribution in [0.5, 0.6) is 11.5 Å². The third-order valence-corrected chi connectivity index (χ3v) is 5.23. The van der Waals surface area contributed by atoms with E-state index in [2.05, 4.69) is 0 Å². The van der Waals surface area contributed by atoms with Crippen molar-refractivity contribution in [3.05, 3.63) is 99.4 Å². The lowest BCUT2D eigenvalue weighted by atomic mass is 10.0. The molecule has 11 heteroatoms. The quantitative estimate of drug-likeness (QED) is 0.229. The van der Waals surface area contributed by atoms with Gasteiger partial charge >= 0.3 is 6.03 Å². The smallest absolute Gasteiger partial charge is 0.335 e. The Hall–Kier alpha value is -5.06. The number of hydrogen-bond donors (Lipinski definition) is 1. The van der Waals surface area contributed by atoms with Crippen LogP contribution in [0.1, 0.15) is 11.1 Å². The van der Waals surface area contributed by atoms with Crippen molar-refractivity contribution < 1.29 is 33.2 Å². The molecule has 0 unspecified atom stereocenters. The summed E-state index contributed by atoms with van der Waals surface area (Å²) in [5, 5.41) is 13.8. The number of anilines is 1. The second kappa shape index (κ2) is 10.1. The molecule has 0 aromatic heterocycles. The second-order valence-corrected chi connectivity index (χ2v) is 7.53. The van der Waals surface area contributed by atoms with E-state index in [1.54, 1.807) is 0 Å². The second-order valence-electron chi connectivity index (χ2n) is 7.53. The van der Waals surface area contributed by atoms with Gasteiger partial charge in [0, 0.05) is 0 Å². The van der Waals surface area contributed by atoms with Crippen molar-refractivity contribution in [1.82, 2.24) is 5.32 Å². The van der Waals surface area contributed by atoms with E-state index in [0.717, 1.165) is 29.8 Å². The lowest BCUT2D eigenvalue weighted by Gasteiger charge is -2.26. The molecule has 0 aliphatic carbocycles. The number of urea groups is 1. The predicted molar refractivity (Wildman–Crippen MR) is 126 cm³/mol. The average Bonchev–Trinajstić information content (AvgIpc) is 2.86. The van der Waals surface area contributed by atoms with Crippen LogP contribution in [0.15, 0.2) is 72.3 Å². The van der Waals surface area contributed by atoms with Gasteiger partial charge in [-0.15, -0.1) is 0 Å². The van der Waals surface area contributed by atoms with Crippen LogP contribution < -0.4 is 19.7 Å². The van der Waals surface area contributed by atoms with Crippen LogP contribution in [0.25, 0.3) is 6.08 Å². The van der Waals surface area contributed by atoms with E-state index in [9.17, 15) is 28.9 Å². The fourth-order valence-electron chi connectivity index (χ4n) is 3.48. The zero-order valence-corrected chi connectivity index (χ0v) is 18.8. The number of nitro groups is 1. The Morgan fingerprint density at radius 3 is 2.36 bits per heavy atom. The Kier molecular flexibility index (Phi) is 6.72. The van der Waals surface area contributed by atoms with Gasteiger partial charge < -0.3 is 9.47 Å². The number of barbiturate groups is 1. The van der Waals surface area contributed by atoms with Crippen LogP contribution >= 0.6 is 0 Å². The highest BCUT2D eigenvalue weighted by Crippen LogP contribution is 2.37. The number of amides is 4. The van der Waals surface area contributed by atoms with Crippen molar-refractivity contribution in [2.45, 2.75) is 6.61 Å². The molecule has 1 N–H and O–H groups in total. The van der Waals surface area contributed by atoms with Crippen LogP contribution in [0.4, 0.5) is 20.6 Å². The van der Waals surface area contributed by atoms with Crippen molar-refractivity contribution in [1.29, 1.82) is 0 Å². The van der Waals surface area contributed by atoms with Gasteiger partial charge in [-0.2, -0.15) is 0 Å². The summed E-state index contributed by atoms with van der Waals surface area (Å²) in [5.74, 6) is -2.46. The monoisotopic (exact) mass is 491 g/mol. The number of nitrogens with one attached hydrogen (secondary N) is 1. The molecule has 0 spiro atoms. The third-order valence-electron chi connectivity index (χ3n) is 5.23. The number of nitro benzene ring substituents is 1. The maximum atomic E-state index is 13.3. The first-order valence-corrected chi connectivity index (χ1v) is 10.5. The number of methoxy groups -OCH3 is 1. The van der Waals surface area contributed by atoms with Crippen LogP contribution in [-0.4, -0.2) is 29.9 Å². The summed E-state index contributed by atoms with van der Waals surface area (Å²) in [7, 11) is 1.33. The zero-order chi connectivity index (χ0) is 25.8. The van der Waals surface area contributed by atoms with E-state index in [0.29, 0.717) is 4.90 Å². The minimum absolute atomic E-state index is 0.00837. The molecular formula is C25H18FN3O7. The van der Waals surface area contributed by atoms with E-state index in [-0.39, 0.29) is 29.4 Å². The average molecular weight is 491 g/mol.